The molecule has 0 atom stereocenters. The fraction of sp³-hybridized carbons (Fsp3) is 0.269. The monoisotopic (exact) mass is 444 g/mol. The molecular weight excluding hydrogens is 416 g/mol. The van der Waals surface area contributed by atoms with E-state index in [9.17, 15) is 4.79 Å². The minimum absolute atomic E-state index is 0.143. The lowest BCUT2D eigenvalue weighted by atomic mass is 10.1. The van der Waals surface area contributed by atoms with Crippen LogP contribution in [-0.2, 0) is 13.1 Å². The van der Waals surface area contributed by atoms with Gasteiger partial charge in [0.2, 0.25) is 0 Å². The van der Waals surface area contributed by atoms with Gasteiger partial charge in [0, 0.05) is 30.6 Å². The van der Waals surface area contributed by atoms with E-state index in [4.69, 9.17) is 9.47 Å². The second-order valence-electron chi connectivity index (χ2n) is 7.96. The maximum atomic E-state index is 12.5. The quantitative estimate of drug-likeness (QED) is 0.386. The number of carbonyl (C=O) groups is 1. The number of nitrogens with one attached hydrogen (secondary N) is 1. The highest BCUT2D eigenvalue weighted by Crippen LogP contribution is 2.19. The highest BCUT2D eigenvalue weighted by atomic mass is 16.5. The number of aromatic nitrogens is 3. The Hall–Kier alpha value is -3.87. The average Bonchev–Trinajstić information content (AvgIpc) is 3.22. The predicted molar refractivity (Wildman–Crippen MR) is 128 cm³/mol. The molecule has 0 fully saturated rings. The lowest BCUT2D eigenvalue weighted by Gasteiger charge is -2.10. The average molecular weight is 445 g/mol. The van der Waals surface area contributed by atoms with E-state index in [2.05, 4.69) is 41.6 Å². The van der Waals surface area contributed by atoms with Crippen LogP contribution in [0.4, 0.5) is 0 Å². The van der Waals surface area contributed by atoms with Gasteiger partial charge in [0.15, 0.2) is 0 Å². The van der Waals surface area contributed by atoms with Crippen molar-refractivity contribution in [1.29, 1.82) is 0 Å². The number of hydrogen-bond acceptors (Lipinski definition) is 5. The number of methoxy groups -OCH3 is 1. The zero-order chi connectivity index (χ0) is 23.2. The van der Waals surface area contributed by atoms with Crippen LogP contribution in [0.1, 0.15) is 33.5 Å². The van der Waals surface area contributed by atoms with E-state index >= 15 is 0 Å². The van der Waals surface area contributed by atoms with Crippen LogP contribution >= 0.6 is 0 Å². The van der Waals surface area contributed by atoms with E-state index < -0.39 is 0 Å². The molecule has 0 saturated heterocycles. The maximum absolute atomic E-state index is 12.5. The predicted octanol–water partition coefficient (Wildman–Crippen LogP) is 4.46. The summed E-state index contributed by atoms with van der Waals surface area (Å²) < 4.78 is 13.1. The molecule has 33 heavy (non-hydrogen) atoms. The molecule has 1 N–H and O–H groups in total. The summed E-state index contributed by atoms with van der Waals surface area (Å²) in [5, 5.41) is 11.4. The minimum atomic E-state index is -0.143. The van der Waals surface area contributed by atoms with Gasteiger partial charge in [0.25, 0.3) is 5.91 Å². The van der Waals surface area contributed by atoms with E-state index in [1.54, 1.807) is 19.2 Å². The normalized spacial score (nSPS) is 10.9. The SMILES string of the molecule is COc1ccccc1CNC(=O)c1ccc(OCCCn2nnc3cc(C)c(C)cc32)cc1. The summed E-state index contributed by atoms with van der Waals surface area (Å²) >= 11 is 0. The van der Waals surface area contributed by atoms with E-state index in [1.807, 2.05) is 41.1 Å². The van der Waals surface area contributed by atoms with Gasteiger partial charge < -0.3 is 14.8 Å². The second-order valence-corrected chi connectivity index (χ2v) is 7.96. The molecule has 0 aliphatic rings. The van der Waals surface area contributed by atoms with Crippen LogP contribution in [0, 0.1) is 13.8 Å². The molecule has 4 aromatic rings. The molecule has 3 aromatic carbocycles. The van der Waals surface area contributed by atoms with Gasteiger partial charge in [-0.05, 0) is 67.4 Å². The van der Waals surface area contributed by atoms with Crippen molar-refractivity contribution in [2.75, 3.05) is 13.7 Å². The number of ether oxygens (including phenoxy) is 2. The number of fused-ring (bicyclic) bond motifs is 1. The van der Waals surface area contributed by atoms with Gasteiger partial charge in [-0.2, -0.15) is 0 Å². The molecule has 7 nitrogen and oxygen atoms in total. The van der Waals surface area contributed by atoms with E-state index in [0.717, 1.165) is 41.1 Å². The molecule has 0 aliphatic heterocycles. The van der Waals surface area contributed by atoms with Gasteiger partial charge >= 0.3 is 0 Å². The molecule has 1 amide bonds. The zero-order valence-corrected chi connectivity index (χ0v) is 19.2. The lowest BCUT2D eigenvalue weighted by molar-refractivity contribution is 0.0950. The standard InChI is InChI=1S/C26H28N4O3/c1-18-15-23-24(16-19(18)2)30(29-28-23)13-6-14-33-22-11-9-20(10-12-22)26(31)27-17-21-7-4-5-8-25(21)32-3/h4-5,7-12,15-16H,6,13-14,17H2,1-3H3,(H,27,31). The number of hydrogen-bond donors (Lipinski definition) is 1. The van der Waals surface area contributed by atoms with Crippen molar-refractivity contribution >= 4 is 16.9 Å². The number of aryl methyl sites for hydroxylation is 3. The molecule has 1 aromatic heterocycles. The smallest absolute Gasteiger partial charge is 0.251 e. The highest BCUT2D eigenvalue weighted by Gasteiger charge is 2.09. The largest absolute Gasteiger partial charge is 0.496 e. The number of nitrogens with zero attached hydrogens (tertiary/aromatic N) is 3. The van der Waals surface area contributed by atoms with E-state index in [-0.39, 0.29) is 5.91 Å². The molecule has 0 spiro atoms. The van der Waals surface area contributed by atoms with Gasteiger partial charge in [-0.1, -0.05) is 23.4 Å². The van der Waals surface area contributed by atoms with Crippen LogP contribution in [0.15, 0.2) is 60.7 Å². The molecule has 170 valence electrons. The van der Waals surface area contributed by atoms with Crippen LogP contribution in [0.3, 0.4) is 0 Å². The molecule has 0 aliphatic carbocycles. The Morgan fingerprint density at radius 3 is 2.58 bits per heavy atom. The molecule has 7 heteroatoms. The lowest BCUT2D eigenvalue weighted by Crippen LogP contribution is -2.23. The maximum Gasteiger partial charge on any atom is 0.251 e. The molecular formula is C26H28N4O3. The zero-order valence-electron chi connectivity index (χ0n) is 19.2. The summed E-state index contributed by atoms with van der Waals surface area (Å²) in [5.41, 5.74) is 5.92. The van der Waals surface area contributed by atoms with Crippen molar-refractivity contribution in [1.82, 2.24) is 20.3 Å². The molecule has 0 saturated carbocycles. The first-order chi connectivity index (χ1) is 16.0. The van der Waals surface area contributed by atoms with Crippen LogP contribution in [0.5, 0.6) is 11.5 Å². The summed E-state index contributed by atoms with van der Waals surface area (Å²) in [6.45, 7) is 5.85. The third-order valence-electron chi connectivity index (χ3n) is 5.66. The van der Waals surface area contributed by atoms with Crippen molar-refractivity contribution in [3.63, 3.8) is 0 Å². The third-order valence-corrected chi connectivity index (χ3v) is 5.66. The molecule has 1 heterocycles. The first kappa shape index (κ1) is 22.3. The van der Waals surface area contributed by atoms with Crippen molar-refractivity contribution < 1.29 is 14.3 Å². The van der Waals surface area contributed by atoms with Crippen LogP contribution in [-0.4, -0.2) is 34.6 Å². The number of benzene rings is 3. The Morgan fingerprint density at radius 1 is 1.03 bits per heavy atom. The van der Waals surface area contributed by atoms with Crippen LogP contribution < -0.4 is 14.8 Å². The van der Waals surface area contributed by atoms with Crippen LogP contribution in [0.25, 0.3) is 11.0 Å². The summed E-state index contributed by atoms with van der Waals surface area (Å²) in [6, 6.07) is 19.0. The minimum Gasteiger partial charge on any atom is -0.496 e. The number of amides is 1. The van der Waals surface area contributed by atoms with Gasteiger partial charge in [-0.3, -0.25) is 4.79 Å². The van der Waals surface area contributed by atoms with E-state index in [0.29, 0.717) is 18.7 Å². The number of rotatable bonds is 9. The first-order valence-electron chi connectivity index (χ1n) is 11.0. The number of para-hydroxylation sites is 1. The fourth-order valence-electron chi connectivity index (χ4n) is 3.62. The first-order valence-corrected chi connectivity index (χ1v) is 11.0. The number of carbonyl (C=O) groups excluding carboxylic acids is 1. The van der Waals surface area contributed by atoms with Gasteiger partial charge in [-0.15, -0.1) is 5.10 Å². The fourth-order valence-corrected chi connectivity index (χ4v) is 3.62. The Labute approximate surface area is 193 Å². The Bertz CT molecular complexity index is 1250. The summed E-state index contributed by atoms with van der Waals surface area (Å²) in [6.07, 6.45) is 0.798. The highest BCUT2D eigenvalue weighted by molar-refractivity contribution is 5.94. The Balaban J connectivity index is 1.26. The third kappa shape index (κ3) is 5.31. The molecule has 0 radical (unpaired) electrons. The van der Waals surface area contributed by atoms with Gasteiger partial charge in [-0.25, -0.2) is 4.68 Å². The molecule has 0 bridgehead atoms. The summed E-state index contributed by atoms with van der Waals surface area (Å²) in [7, 11) is 1.62. The topological polar surface area (TPSA) is 78.3 Å². The van der Waals surface area contributed by atoms with Crippen molar-refractivity contribution in [2.24, 2.45) is 0 Å². The Kier molecular flexibility index (Phi) is 6.88. The van der Waals surface area contributed by atoms with Crippen molar-refractivity contribution in [2.45, 2.75) is 33.4 Å². The van der Waals surface area contributed by atoms with Crippen molar-refractivity contribution in [3.05, 3.63) is 82.9 Å². The van der Waals surface area contributed by atoms with E-state index in [1.165, 1.54) is 11.1 Å². The second kappa shape index (κ2) is 10.2. The summed E-state index contributed by atoms with van der Waals surface area (Å²) in [5.74, 6) is 1.34. The van der Waals surface area contributed by atoms with Crippen molar-refractivity contribution in [3.8, 4) is 11.5 Å². The summed E-state index contributed by atoms with van der Waals surface area (Å²) in [4.78, 5) is 12.5. The van der Waals surface area contributed by atoms with Crippen LogP contribution in [0.2, 0.25) is 0 Å². The molecule has 0 unspecified atom stereocenters. The molecule has 4 rings (SSSR count). The Morgan fingerprint density at radius 2 is 1.79 bits per heavy atom. The van der Waals surface area contributed by atoms with Gasteiger partial charge in [0.05, 0.1) is 19.2 Å². The van der Waals surface area contributed by atoms with Gasteiger partial charge in [0.1, 0.15) is 17.0 Å².